The number of hydrogen-bond donors (Lipinski definition) is 5. The van der Waals surface area contributed by atoms with Crippen LogP contribution in [0.1, 0.15) is 6.42 Å². The van der Waals surface area contributed by atoms with E-state index in [1.165, 1.54) is 0 Å². The molecule has 0 aromatic heterocycles. The van der Waals surface area contributed by atoms with E-state index in [2.05, 4.69) is 5.09 Å². The van der Waals surface area contributed by atoms with E-state index >= 15 is 0 Å². The van der Waals surface area contributed by atoms with Crippen molar-refractivity contribution in [3.8, 4) is 0 Å². The highest BCUT2D eigenvalue weighted by atomic mass is 35.5. The van der Waals surface area contributed by atoms with Crippen molar-refractivity contribution < 1.29 is 39.1 Å². The number of rotatable bonds is 8. The highest BCUT2D eigenvalue weighted by Gasteiger charge is 2.32. The lowest BCUT2D eigenvalue weighted by molar-refractivity contribution is -0.165. The molecule has 1 aliphatic heterocycles. The highest BCUT2D eigenvalue weighted by Crippen LogP contribution is 2.48. The molecular weight excluding hydrogens is 390 g/mol. The second kappa shape index (κ2) is 12.0. The van der Waals surface area contributed by atoms with E-state index in [0.717, 1.165) is 13.0 Å². The first kappa shape index (κ1) is 23.5. The van der Waals surface area contributed by atoms with Crippen LogP contribution in [0.2, 0.25) is 0 Å². The second-order valence-electron chi connectivity index (χ2n) is 4.51. The lowest BCUT2D eigenvalue weighted by Crippen LogP contribution is -2.39. The number of halogens is 2. The van der Waals surface area contributed by atoms with Crippen LogP contribution in [0.25, 0.3) is 0 Å². The maximum Gasteiger partial charge on any atom is 0.343 e. The minimum Gasteiger partial charge on any atom is -0.479 e. The van der Waals surface area contributed by atoms with Gasteiger partial charge in [0.1, 0.15) is 0 Å². The molecule has 5 N–H and O–H groups in total. The minimum absolute atomic E-state index is 0.423. The van der Waals surface area contributed by atoms with Crippen molar-refractivity contribution in [3.63, 3.8) is 0 Å². The Kier molecular flexibility index (Phi) is 11.8. The number of carboxylic acid groups (broad SMARTS) is 2. The Bertz CT molecular complexity index is 422. The van der Waals surface area contributed by atoms with Crippen LogP contribution in [-0.4, -0.2) is 87.2 Å². The first-order valence-electron chi connectivity index (χ1n) is 6.88. The predicted molar refractivity (Wildman–Crippen MR) is 86.5 cm³/mol. The van der Waals surface area contributed by atoms with Crippen LogP contribution in [-0.2, 0) is 18.7 Å². The smallest absolute Gasteiger partial charge is 0.343 e. The third-order valence-electron chi connectivity index (χ3n) is 2.76. The minimum atomic E-state index is -2.84. The van der Waals surface area contributed by atoms with Crippen molar-refractivity contribution in [3.05, 3.63) is 0 Å². The first-order valence-corrected chi connectivity index (χ1v) is 9.53. The summed E-state index contributed by atoms with van der Waals surface area (Å²) in [5, 5.41) is 35.4. The fraction of sp³-hybridized carbons (Fsp3) is 0.818. The number of aliphatic carboxylic acids is 2. The molecule has 142 valence electrons. The van der Waals surface area contributed by atoms with Crippen molar-refractivity contribution in [2.45, 2.75) is 18.6 Å². The van der Waals surface area contributed by atoms with Crippen LogP contribution in [0.4, 0.5) is 0 Å². The van der Waals surface area contributed by atoms with E-state index in [1.807, 2.05) is 0 Å². The maximum absolute atomic E-state index is 12.2. The van der Waals surface area contributed by atoms with E-state index in [0.29, 0.717) is 31.5 Å². The summed E-state index contributed by atoms with van der Waals surface area (Å²) in [7, 11) is -2.84. The van der Waals surface area contributed by atoms with E-state index in [-0.39, 0.29) is 0 Å². The number of alkyl halides is 2. The van der Waals surface area contributed by atoms with Gasteiger partial charge in [-0.3, -0.25) is 4.57 Å². The Hall–Kier alpha value is -0.450. The molecule has 0 aromatic rings. The summed E-state index contributed by atoms with van der Waals surface area (Å²) in [6.07, 6.45) is -3.64. The van der Waals surface area contributed by atoms with Crippen molar-refractivity contribution in [1.29, 1.82) is 0 Å². The molecule has 10 nitrogen and oxygen atoms in total. The van der Waals surface area contributed by atoms with Gasteiger partial charge in [0.05, 0.1) is 6.61 Å². The van der Waals surface area contributed by atoms with E-state index in [4.69, 9.17) is 48.2 Å². The van der Waals surface area contributed by atoms with Crippen LogP contribution < -0.4 is 5.09 Å². The SMILES string of the molecule is O=C(O)C(O)C(O)C(=O)O.O=P1(N(CCCl)CCCl)NCCCO1. The van der Waals surface area contributed by atoms with Gasteiger partial charge in [0, 0.05) is 31.4 Å². The van der Waals surface area contributed by atoms with Gasteiger partial charge in [-0.25, -0.2) is 19.3 Å². The number of aliphatic hydroxyl groups is 2. The molecule has 3 unspecified atom stereocenters. The molecule has 24 heavy (non-hydrogen) atoms. The fourth-order valence-electron chi connectivity index (χ4n) is 1.55. The molecular formula is C11H21Cl2N2O8P. The average Bonchev–Trinajstić information content (AvgIpc) is 2.54. The molecule has 1 heterocycles. The van der Waals surface area contributed by atoms with Gasteiger partial charge in [0.15, 0.2) is 12.2 Å². The third-order valence-corrected chi connectivity index (χ3v) is 5.40. The highest BCUT2D eigenvalue weighted by molar-refractivity contribution is 7.54. The zero-order valence-corrected chi connectivity index (χ0v) is 15.1. The monoisotopic (exact) mass is 410 g/mol. The van der Waals surface area contributed by atoms with E-state index in [9.17, 15) is 14.2 Å². The molecule has 1 rings (SSSR count). The van der Waals surface area contributed by atoms with E-state index < -0.39 is 31.8 Å². The number of nitrogens with one attached hydrogen (secondary N) is 1. The van der Waals surface area contributed by atoms with Crippen molar-refractivity contribution >= 4 is 42.8 Å². The van der Waals surface area contributed by atoms with Crippen LogP contribution in [0.5, 0.6) is 0 Å². The summed E-state index contributed by atoms with van der Waals surface area (Å²) in [6, 6.07) is 0. The molecule has 0 aliphatic carbocycles. The number of hydrogen-bond acceptors (Lipinski definition) is 6. The summed E-state index contributed by atoms with van der Waals surface area (Å²) in [5.74, 6) is -2.69. The van der Waals surface area contributed by atoms with Gasteiger partial charge in [0.25, 0.3) is 0 Å². The number of aliphatic hydroxyl groups excluding tert-OH is 2. The average molecular weight is 411 g/mol. The molecule has 1 aliphatic rings. The molecule has 0 bridgehead atoms. The van der Waals surface area contributed by atoms with Crippen molar-refractivity contribution in [2.75, 3.05) is 38.0 Å². The Morgan fingerprint density at radius 3 is 1.88 bits per heavy atom. The summed E-state index contributed by atoms with van der Waals surface area (Å²) in [4.78, 5) is 19.5. The summed E-state index contributed by atoms with van der Waals surface area (Å²) >= 11 is 11.2. The van der Waals surface area contributed by atoms with Crippen molar-refractivity contribution in [2.24, 2.45) is 0 Å². The third kappa shape index (κ3) is 8.09. The quantitative estimate of drug-likeness (QED) is 0.267. The maximum atomic E-state index is 12.2. The summed E-state index contributed by atoms with van der Waals surface area (Å²) < 4.78 is 19.2. The normalized spacial score (nSPS) is 23.0. The topological polar surface area (TPSA) is 157 Å². The van der Waals surface area contributed by atoms with Gasteiger partial charge in [-0.15, -0.1) is 23.2 Å². The largest absolute Gasteiger partial charge is 0.479 e. The van der Waals surface area contributed by atoms with Gasteiger partial charge >= 0.3 is 19.6 Å². The Balaban J connectivity index is 0.000000470. The molecule has 1 fully saturated rings. The molecule has 1 saturated heterocycles. The van der Waals surface area contributed by atoms with E-state index in [1.54, 1.807) is 4.67 Å². The second-order valence-corrected chi connectivity index (χ2v) is 7.45. The summed E-state index contributed by atoms with van der Waals surface area (Å²) in [5.41, 5.74) is 0. The standard InChI is InChI=1S/C7H15Cl2N2O2P.C4H6O6/c8-2-5-11(6-3-9)14(12)10-4-1-7-13-14;5-1(3(7)8)2(6)4(9)10/h1-7H2,(H,10,12);1-2,5-6H,(H,7,8)(H,9,10). The van der Waals surface area contributed by atoms with Crippen LogP contribution in [0.3, 0.4) is 0 Å². The number of nitrogens with zero attached hydrogens (tertiary/aromatic N) is 1. The van der Waals surface area contributed by atoms with Gasteiger partial charge in [-0.1, -0.05) is 0 Å². The van der Waals surface area contributed by atoms with Crippen LogP contribution >= 0.6 is 30.9 Å². The Morgan fingerprint density at radius 1 is 1.12 bits per heavy atom. The van der Waals surface area contributed by atoms with Crippen LogP contribution in [0, 0.1) is 0 Å². The van der Waals surface area contributed by atoms with Crippen molar-refractivity contribution in [1.82, 2.24) is 9.76 Å². The summed E-state index contributed by atoms with van der Waals surface area (Å²) in [6.45, 7) is 2.31. The van der Waals surface area contributed by atoms with Gasteiger partial charge < -0.3 is 24.9 Å². The fourth-order valence-corrected chi connectivity index (χ4v) is 4.19. The molecule has 0 spiro atoms. The molecule has 0 amide bonds. The van der Waals surface area contributed by atoms with Gasteiger partial charge in [-0.05, 0) is 6.42 Å². The molecule has 0 saturated carbocycles. The molecule has 0 aromatic carbocycles. The zero-order chi connectivity index (χ0) is 18.8. The number of carbonyl (C=O) groups is 2. The van der Waals surface area contributed by atoms with Gasteiger partial charge in [-0.2, -0.15) is 0 Å². The Labute approximate surface area is 148 Å². The zero-order valence-electron chi connectivity index (χ0n) is 12.7. The molecule has 13 heteroatoms. The molecule has 0 radical (unpaired) electrons. The molecule has 3 atom stereocenters. The van der Waals surface area contributed by atoms with Crippen LogP contribution in [0.15, 0.2) is 0 Å². The van der Waals surface area contributed by atoms with Gasteiger partial charge in [0.2, 0.25) is 0 Å². The number of carboxylic acids is 2. The predicted octanol–water partition coefficient (Wildman–Crippen LogP) is -0.239. The first-order chi connectivity index (χ1) is 11.2. The Morgan fingerprint density at radius 2 is 1.58 bits per heavy atom. The lowest BCUT2D eigenvalue weighted by Gasteiger charge is -2.33. The lowest BCUT2D eigenvalue weighted by atomic mass is 10.2.